The standard InChI is InChI=1S/C12H16F2O2/c1-2-7-16-8-11(15)9-3-5-10(6-4-9)12(13)14/h3-6,11-12,15H,2,7-8H2,1H3. The summed E-state index contributed by atoms with van der Waals surface area (Å²) in [5.41, 5.74) is 0.561. The van der Waals surface area contributed by atoms with E-state index in [1.807, 2.05) is 6.92 Å². The largest absolute Gasteiger partial charge is 0.386 e. The number of ether oxygens (including phenoxy) is 1. The van der Waals surface area contributed by atoms with Gasteiger partial charge in [0.15, 0.2) is 0 Å². The summed E-state index contributed by atoms with van der Waals surface area (Å²) in [5.74, 6) is 0. The zero-order chi connectivity index (χ0) is 12.0. The molecule has 0 bridgehead atoms. The molecule has 1 aromatic rings. The maximum absolute atomic E-state index is 12.3. The number of aliphatic hydroxyl groups is 1. The minimum Gasteiger partial charge on any atom is -0.386 e. The highest BCUT2D eigenvalue weighted by atomic mass is 19.3. The molecular weight excluding hydrogens is 214 g/mol. The summed E-state index contributed by atoms with van der Waals surface area (Å²) in [4.78, 5) is 0. The average molecular weight is 230 g/mol. The second-order valence-electron chi connectivity index (χ2n) is 3.56. The van der Waals surface area contributed by atoms with Gasteiger partial charge in [-0.1, -0.05) is 31.2 Å². The predicted octanol–water partition coefficient (Wildman–Crippen LogP) is 3.08. The molecule has 1 aromatic carbocycles. The van der Waals surface area contributed by atoms with Gasteiger partial charge >= 0.3 is 0 Å². The summed E-state index contributed by atoms with van der Waals surface area (Å²) >= 11 is 0. The van der Waals surface area contributed by atoms with Crippen molar-refractivity contribution in [2.45, 2.75) is 25.9 Å². The van der Waals surface area contributed by atoms with Crippen LogP contribution in [0.4, 0.5) is 8.78 Å². The highest BCUT2D eigenvalue weighted by Crippen LogP contribution is 2.21. The summed E-state index contributed by atoms with van der Waals surface area (Å²) in [7, 11) is 0. The van der Waals surface area contributed by atoms with Gasteiger partial charge in [-0.2, -0.15) is 0 Å². The number of halogens is 2. The monoisotopic (exact) mass is 230 g/mol. The zero-order valence-corrected chi connectivity index (χ0v) is 9.20. The first kappa shape index (κ1) is 13.1. The molecule has 16 heavy (non-hydrogen) atoms. The third-order valence-corrected chi connectivity index (χ3v) is 2.20. The summed E-state index contributed by atoms with van der Waals surface area (Å²) in [6, 6.07) is 5.65. The normalized spacial score (nSPS) is 13.1. The maximum Gasteiger partial charge on any atom is 0.263 e. The van der Waals surface area contributed by atoms with Crippen LogP contribution in [0.1, 0.15) is 37.0 Å². The molecule has 1 unspecified atom stereocenters. The number of aliphatic hydroxyl groups excluding tert-OH is 1. The molecule has 0 fully saturated rings. The second-order valence-corrected chi connectivity index (χ2v) is 3.56. The van der Waals surface area contributed by atoms with E-state index in [1.165, 1.54) is 24.3 Å². The van der Waals surface area contributed by atoms with Gasteiger partial charge in [0.25, 0.3) is 6.43 Å². The molecule has 4 heteroatoms. The van der Waals surface area contributed by atoms with E-state index in [9.17, 15) is 13.9 Å². The molecule has 1 atom stereocenters. The Bertz CT molecular complexity index is 298. The molecule has 0 aliphatic rings. The van der Waals surface area contributed by atoms with Gasteiger partial charge in [-0.05, 0) is 12.0 Å². The third-order valence-electron chi connectivity index (χ3n) is 2.20. The van der Waals surface area contributed by atoms with Crippen LogP contribution >= 0.6 is 0 Å². The lowest BCUT2D eigenvalue weighted by Crippen LogP contribution is -2.07. The van der Waals surface area contributed by atoms with Gasteiger partial charge in [0, 0.05) is 12.2 Å². The van der Waals surface area contributed by atoms with Crippen molar-refractivity contribution in [1.82, 2.24) is 0 Å². The first-order chi connectivity index (χ1) is 7.65. The minimum atomic E-state index is -2.47. The van der Waals surface area contributed by atoms with E-state index < -0.39 is 12.5 Å². The Morgan fingerprint density at radius 3 is 2.25 bits per heavy atom. The molecule has 2 nitrogen and oxygen atoms in total. The Morgan fingerprint density at radius 1 is 1.19 bits per heavy atom. The van der Waals surface area contributed by atoms with Crippen LogP contribution in [0.25, 0.3) is 0 Å². The van der Waals surface area contributed by atoms with E-state index in [0.717, 1.165) is 6.42 Å². The minimum absolute atomic E-state index is 0.0366. The molecule has 0 spiro atoms. The molecule has 90 valence electrons. The molecule has 0 heterocycles. The Kier molecular flexibility index (Phi) is 5.35. The summed E-state index contributed by atoms with van der Waals surface area (Å²) in [6.45, 7) is 2.76. The van der Waals surface area contributed by atoms with E-state index in [4.69, 9.17) is 4.74 Å². The molecule has 0 aliphatic heterocycles. The smallest absolute Gasteiger partial charge is 0.263 e. The maximum atomic E-state index is 12.3. The molecule has 1 rings (SSSR count). The highest BCUT2D eigenvalue weighted by Gasteiger charge is 2.10. The van der Waals surface area contributed by atoms with Crippen LogP contribution in [-0.2, 0) is 4.74 Å². The van der Waals surface area contributed by atoms with Crippen molar-refractivity contribution in [3.63, 3.8) is 0 Å². The fraction of sp³-hybridized carbons (Fsp3) is 0.500. The molecule has 0 amide bonds. The molecule has 0 radical (unpaired) electrons. The number of rotatable bonds is 6. The number of hydrogen-bond donors (Lipinski definition) is 1. The van der Waals surface area contributed by atoms with Crippen LogP contribution in [0.3, 0.4) is 0 Å². The Hall–Kier alpha value is -1.00. The Morgan fingerprint density at radius 2 is 1.75 bits per heavy atom. The van der Waals surface area contributed by atoms with Crippen LogP contribution < -0.4 is 0 Å². The van der Waals surface area contributed by atoms with Crippen LogP contribution in [0.5, 0.6) is 0 Å². The van der Waals surface area contributed by atoms with Crippen LogP contribution in [0.2, 0.25) is 0 Å². The Balaban J connectivity index is 2.52. The third kappa shape index (κ3) is 3.87. The summed E-state index contributed by atoms with van der Waals surface area (Å²) < 4.78 is 29.7. The van der Waals surface area contributed by atoms with E-state index in [0.29, 0.717) is 12.2 Å². The van der Waals surface area contributed by atoms with E-state index in [2.05, 4.69) is 0 Å². The summed E-state index contributed by atoms with van der Waals surface area (Å²) in [5, 5.41) is 9.66. The highest BCUT2D eigenvalue weighted by molar-refractivity contribution is 5.24. The van der Waals surface area contributed by atoms with Gasteiger partial charge in [-0.3, -0.25) is 0 Å². The first-order valence-electron chi connectivity index (χ1n) is 5.29. The van der Waals surface area contributed by atoms with E-state index >= 15 is 0 Å². The lowest BCUT2D eigenvalue weighted by molar-refractivity contribution is 0.0363. The molecule has 0 aliphatic carbocycles. The van der Waals surface area contributed by atoms with Crippen molar-refractivity contribution in [2.75, 3.05) is 13.2 Å². The van der Waals surface area contributed by atoms with Crippen molar-refractivity contribution < 1.29 is 18.6 Å². The van der Waals surface area contributed by atoms with Crippen LogP contribution in [-0.4, -0.2) is 18.3 Å². The van der Waals surface area contributed by atoms with Gasteiger partial charge in [0.1, 0.15) is 6.10 Å². The number of alkyl halides is 2. The van der Waals surface area contributed by atoms with Crippen molar-refractivity contribution in [3.05, 3.63) is 35.4 Å². The van der Waals surface area contributed by atoms with Crippen molar-refractivity contribution in [2.24, 2.45) is 0 Å². The van der Waals surface area contributed by atoms with Gasteiger partial charge in [0.2, 0.25) is 0 Å². The van der Waals surface area contributed by atoms with Crippen molar-refractivity contribution in [3.8, 4) is 0 Å². The SMILES string of the molecule is CCCOCC(O)c1ccc(C(F)F)cc1. The molecule has 0 saturated heterocycles. The predicted molar refractivity (Wildman–Crippen MR) is 57.5 cm³/mol. The van der Waals surface area contributed by atoms with Crippen LogP contribution in [0.15, 0.2) is 24.3 Å². The van der Waals surface area contributed by atoms with Gasteiger partial charge in [0.05, 0.1) is 6.61 Å². The topological polar surface area (TPSA) is 29.5 Å². The molecule has 0 aromatic heterocycles. The number of hydrogen-bond acceptors (Lipinski definition) is 2. The van der Waals surface area contributed by atoms with E-state index in [-0.39, 0.29) is 12.2 Å². The lowest BCUT2D eigenvalue weighted by Gasteiger charge is -2.11. The first-order valence-corrected chi connectivity index (χ1v) is 5.29. The van der Waals surface area contributed by atoms with Gasteiger partial charge < -0.3 is 9.84 Å². The summed E-state index contributed by atoms with van der Waals surface area (Å²) in [6.07, 6.45) is -2.34. The fourth-order valence-corrected chi connectivity index (χ4v) is 1.30. The van der Waals surface area contributed by atoms with Crippen LogP contribution in [0, 0.1) is 0 Å². The second kappa shape index (κ2) is 6.55. The lowest BCUT2D eigenvalue weighted by atomic mass is 10.1. The average Bonchev–Trinajstić information content (AvgIpc) is 2.29. The van der Waals surface area contributed by atoms with Gasteiger partial charge in [-0.15, -0.1) is 0 Å². The zero-order valence-electron chi connectivity index (χ0n) is 9.20. The molecule has 0 saturated carbocycles. The Labute approximate surface area is 93.9 Å². The number of benzene rings is 1. The van der Waals surface area contributed by atoms with Gasteiger partial charge in [-0.25, -0.2) is 8.78 Å². The van der Waals surface area contributed by atoms with E-state index in [1.54, 1.807) is 0 Å². The van der Waals surface area contributed by atoms with Crippen molar-refractivity contribution in [1.29, 1.82) is 0 Å². The molecule has 1 N–H and O–H groups in total. The quantitative estimate of drug-likeness (QED) is 0.761. The molecular formula is C12H16F2O2. The van der Waals surface area contributed by atoms with Crippen molar-refractivity contribution >= 4 is 0 Å². The fourth-order valence-electron chi connectivity index (χ4n) is 1.30.